The van der Waals surface area contributed by atoms with Crippen LogP contribution >= 0.6 is 23.2 Å². The molecule has 8 heteroatoms. The van der Waals surface area contributed by atoms with Crippen LogP contribution in [0.25, 0.3) is 17.0 Å². The number of carbonyl (C=O) groups is 1. The third-order valence-electron chi connectivity index (χ3n) is 6.23. The first-order chi connectivity index (χ1) is 19.9. The van der Waals surface area contributed by atoms with E-state index >= 15 is 0 Å². The maximum atomic E-state index is 12.9. The maximum absolute atomic E-state index is 12.9. The molecule has 0 aliphatic rings. The molecule has 0 amide bonds. The fraction of sp³-hybridized carbons (Fsp3) is 0.0909. The molecule has 0 aliphatic carbocycles. The van der Waals surface area contributed by atoms with Crippen LogP contribution in [0.3, 0.4) is 0 Å². The smallest absolute Gasteiger partial charge is 0.336 e. The molecule has 0 saturated heterocycles. The number of hydrogen-bond donors (Lipinski definition) is 0. The molecule has 0 atom stereocenters. The van der Waals surface area contributed by atoms with Crippen molar-refractivity contribution in [3.05, 3.63) is 134 Å². The highest BCUT2D eigenvalue weighted by Crippen LogP contribution is 2.27. The topological polar surface area (TPSA) is 75.0 Å². The summed E-state index contributed by atoms with van der Waals surface area (Å²) < 4.78 is 22.5. The predicted octanol–water partition coefficient (Wildman–Crippen LogP) is 8.65. The molecule has 1 aromatic heterocycles. The average Bonchev–Trinajstić information content (AvgIpc) is 2.98. The van der Waals surface area contributed by atoms with Crippen LogP contribution in [0.5, 0.6) is 23.0 Å². The third-order valence-corrected chi connectivity index (χ3v) is 6.94. The van der Waals surface area contributed by atoms with Crippen LogP contribution in [0, 0.1) is 0 Å². The SMILES string of the molecule is CCc1ccc(Oc2coc3cc(OC(=O)/C=C/c4ccc(OCc5c(Cl)cccc5Cl)cc4)ccc3c2=O)cc1. The number of fused-ring (bicyclic) bond motifs is 1. The van der Waals surface area contributed by atoms with Crippen LogP contribution in [0.2, 0.25) is 10.0 Å². The largest absolute Gasteiger partial charge is 0.489 e. The van der Waals surface area contributed by atoms with Crippen LogP contribution in [0.4, 0.5) is 0 Å². The minimum atomic E-state index is -0.587. The van der Waals surface area contributed by atoms with E-state index in [0.717, 1.165) is 12.0 Å². The number of carbonyl (C=O) groups excluding carboxylic acids is 1. The van der Waals surface area contributed by atoms with Crippen molar-refractivity contribution in [2.24, 2.45) is 0 Å². The van der Waals surface area contributed by atoms with E-state index in [4.69, 9.17) is 41.8 Å². The zero-order chi connectivity index (χ0) is 28.8. The highest BCUT2D eigenvalue weighted by atomic mass is 35.5. The van der Waals surface area contributed by atoms with Gasteiger partial charge in [-0.3, -0.25) is 4.79 Å². The lowest BCUT2D eigenvalue weighted by molar-refractivity contribution is -0.128. The van der Waals surface area contributed by atoms with Crippen molar-refractivity contribution in [3.8, 4) is 23.0 Å². The Labute approximate surface area is 246 Å². The lowest BCUT2D eigenvalue weighted by Crippen LogP contribution is -2.06. The molecular weight excluding hydrogens is 563 g/mol. The molecule has 0 saturated carbocycles. The summed E-state index contributed by atoms with van der Waals surface area (Å²) in [5.41, 5.74) is 2.59. The van der Waals surface area contributed by atoms with Crippen molar-refractivity contribution in [3.63, 3.8) is 0 Å². The lowest BCUT2D eigenvalue weighted by Gasteiger charge is -2.09. The number of benzene rings is 4. The van der Waals surface area contributed by atoms with Gasteiger partial charge in [-0.25, -0.2) is 4.79 Å². The van der Waals surface area contributed by atoms with Crippen molar-refractivity contribution < 1.29 is 23.4 Å². The van der Waals surface area contributed by atoms with Crippen LogP contribution in [0.1, 0.15) is 23.6 Å². The summed E-state index contributed by atoms with van der Waals surface area (Å²) in [6.07, 6.45) is 5.08. The molecule has 4 aromatic carbocycles. The standard InChI is InChI=1S/C33H24Cl2O6/c1-2-21-6-13-24(14-7-21)40-31-20-39-30-18-25(15-16-26(30)33(31)37)41-32(36)17-10-22-8-11-23(12-9-22)38-19-27-28(34)4-3-5-29(27)35/h3-18,20H,2,19H2,1H3/b17-10+. The summed E-state index contributed by atoms with van der Waals surface area (Å²) in [7, 11) is 0. The van der Waals surface area contributed by atoms with Crippen LogP contribution < -0.4 is 19.6 Å². The molecule has 0 N–H and O–H groups in total. The molecule has 1 heterocycles. The Kier molecular flexibility index (Phi) is 8.73. The van der Waals surface area contributed by atoms with E-state index in [1.807, 2.05) is 12.1 Å². The molecule has 0 fully saturated rings. The first-order valence-electron chi connectivity index (χ1n) is 12.8. The van der Waals surface area contributed by atoms with Crippen LogP contribution in [0.15, 0.2) is 106 Å². The molecule has 0 bridgehead atoms. The highest BCUT2D eigenvalue weighted by molar-refractivity contribution is 6.35. The second-order valence-corrected chi connectivity index (χ2v) is 9.81. The van der Waals surface area contributed by atoms with E-state index < -0.39 is 5.97 Å². The van der Waals surface area contributed by atoms with Gasteiger partial charge in [0.15, 0.2) is 0 Å². The highest BCUT2D eigenvalue weighted by Gasteiger charge is 2.12. The minimum absolute atomic E-state index is 0.0681. The van der Waals surface area contributed by atoms with Gasteiger partial charge in [0.2, 0.25) is 11.2 Å². The number of esters is 1. The van der Waals surface area contributed by atoms with Crippen LogP contribution in [-0.2, 0) is 17.8 Å². The van der Waals surface area contributed by atoms with Gasteiger partial charge in [0.25, 0.3) is 0 Å². The van der Waals surface area contributed by atoms with Crippen molar-refractivity contribution >= 4 is 46.2 Å². The monoisotopic (exact) mass is 586 g/mol. The molecule has 206 valence electrons. The predicted molar refractivity (Wildman–Crippen MR) is 160 cm³/mol. The van der Waals surface area contributed by atoms with E-state index in [0.29, 0.717) is 32.5 Å². The molecule has 41 heavy (non-hydrogen) atoms. The van der Waals surface area contributed by atoms with Gasteiger partial charge in [0, 0.05) is 27.8 Å². The Morgan fingerprint density at radius 1 is 0.878 bits per heavy atom. The zero-order valence-electron chi connectivity index (χ0n) is 21.9. The molecule has 0 radical (unpaired) electrons. The molecule has 5 aromatic rings. The maximum Gasteiger partial charge on any atom is 0.336 e. The Hall–Kier alpha value is -4.52. The molecule has 0 spiro atoms. The zero-order valence-corrected chi connectivity index (χ0v) is 23.4. The molecule has 5 rings (SSSR count). The summed E-state index contributed by atoms with van der Waals surface area (Å²) >= 11 is 12.4. The Bertz CT molecular complexity index is 1750. The second-order valence-electron chi connectivity index (χ2n) is 9.00. The van der Waals surface area contributed by atoms with E-state index in [1.165, 1.54) is 36.1 Å². The van der Waals surface area contributed by atoms with E-state index in [2.05, 4.69) is 6.92 Å². The van der Waals surface area contributed by atoms with Gasteiger partial charge in [-0.15, -0.1) is 0 Å². The van der Waals surface area contributed by atoms with Crippen LogP contribution in [-0.4, -0.2) is 5.97 Å². The van der Waals surface area contributed by atoms with Gasteiger partial charge in [-0.2, -0.15) is 0 Å². The quantitative estimate of drug-likeness (QED) is 0.0976. The second kappa shape index (κ2) is 12.8. The number of aryl methyl sites for hydroxylation is 1. The van der Waals surface area contributed by atoms with Crippen molar-refractivity contribution in [1.29, 1.82) is 0 Å². The van der Waals surface area contributed by atoms with E-state index in [1.54, 1.807) is 60.7 Å². The number of hydrogen-bond acceptors (Lipinski definition) is 6. The molecule has 0 aliphatic heterocycles. The van der Waals surface area contributed by atoms with Gasteiger partial charge in [-0.1, -0.05) is 60.5 Å². The summed E-state index contributed by atoms with van der Waals surface area (Å²) in [4.78, 5) is 25.3. The van der Waals surface area contributed by atoms with Gasteiger partial charge < -0.3 is 18.6 Å². The van der Waals surface area contributed by atoms with E-state index in [-0.39, 0.29) is 29.1 Å². The van der Waals surface area contributed by atoms with Gasteiger partial charge >= 0.3 is 5.97 Å². The van der Waals surface area contributed by atoms with E-state index in [9.17, 15) is 9.59 Å². The molecular formula is C33H24Cl2O6. The van der Waals surface area contributed by atoms with Gasteiger partial charge in [0.1, 0.15) is 35.7 Å². The lowest BCUT2D eigenvalue weighted by atomic mass is 10.2. The minimum Gasteiger partial charge on any atom is -0.489 e. The number of ether oxygens (including phenoxy) is 3. The Balaban J connectivity index is 1.19. The Morgan fingerprint density at radius 3 is 2.27 bits per heavy atom. The van der Waals surface area contributed by atoms with Crippen molar-refractivity contribution in [1.82, 2.24) is 0 Å². The third kappa shape index (κ3) is 6.98. The summed E-state index contributed by atoms with van der Waals surface area (Å²) in [6.45, 7) is 2.29. The fourth-order valence-electron chi connectivity index (χ4n) is 3.96. The number of rotatable bonds is 9. The summed E-state index contributed by atoms with van der Waals surface area (Å²) in [5.74, 6) is 0.882. The van der Waals surface area contributed by atoms with Gasteiger partial charge in [0.05, 0.1) is 5.39 Å². The molecule has 0 unspecified atom stereocenters. The first-order valence-corrected chi connectivity index (χ1v) is 13.5. The summed E-state index contributed by atoms with van der Waals surface area (Å²) in [5, 5.41) is 1.38. The number of halogens is 2. The van der Waals surface area contributed by atoms with Crippen molar-refractivity contribution in [2.75, 3.05) is 0 Å². The van der Waals surface area contributed by atoms with Crippen molar-refractivity contribution in [2.45, 2.75) is 20.0 Å². The average molecular weight is 587 g/mol. The summed E-state index contributed by atoms with van der Waals surface area (Å²) in [6, 6.07) is 24.5. The normalized spacial score (nSPS) is 11.1. The molecule has 6 nitrogen and oxygen atoms in total. The Morgan fingerprint density at radius 2 is 1.56 bits per heavy atom. The first kappa shape index (κ1) is 28.0. The van der Waals surface area contributed by atoms with Gasteiger partial charge in [-0.05, 0) is 72.2 Å². The fourth-order valence-corrected chi connectivity index (χ4v) is 4.47.